The Morgan fingerprint density at radius 2 is 1.77 bits per heavy atom. The molecular formula is C30H31N3O2. The first-order valence-electron chi connectivity index (χ1n) is 12.8. The second-order valence-electron chi connectivity index (χ2n) is 9.93. The third-order valence-electron chi connectivity index (χ3n) is 7.57. The van der Waals surface area contributed by atoms with Crippen molar-refractivity contribution in [1.29, 1.82) is 0 Å². The summed E-state index contributed by atoms with van der Waals surface area (Å²) in [5.41, 5.74) is 6.68. The van der Waals surface area contributed by atoms with Crippen LogP contribution in [0.4, 0.5) is 0 Å². The third kappa shape index (κ3) is 4.20. The van der Waals surface area contributed by atoms with Crippen LogP contribution in [0.15, 0.2) is 71.4 Å². The highest BCUT2D eigenvalue weighted by Crippen LogP contribution is 2.39. The molecule has 5 nitrogen and oxygen atoms in total. The molecule has 1 atom stereocenters. The Balaban J connectivity index is 1.32. The van der Waals surface area contributed by atoms with E-state index in [1.165, 1.54) is 29.5 Å². The lowest BCUT2D eigenvalue weighted by molar-refractivity contribution is 0.0905. The van der Waals surface area contributed by atoms with Gasteiger partial charge in [-0.3, -0.25) is 4.79 Å². The van der Waals surface area contributed by atoms with E-state index < -0.39 is 0 Å². The van der Waals surface area contributed by atoms with E-state index in [4.69, 9.17) is 9.40 Å². The van der Waals surface area contributed by atoms with Crippen molar-refractivity contribution in [3.05, 3.63) is 89.4 Å². The fourth-order valence-corrected chi connectivity index (χ4v) is 5.71. The highest BCUT2D eigenvalue weighted by atomic mass is 16.4. The summed E-state index contributed by atoms with van der Waals surface area (Å²) >= 11 is 0. The molecule has 4 aromatic rings. The van der Waals surface area contributed by atoms with Gasteiger partial charge in [0.1, 0.15) is 5.69 Å². The maximum atomic E-state index is 13.2. The zero-order valence-electron chi connectivity index (χ0n) is 20.2. The lowest BCUT2D eigenvalue weighted by atomic mass is 9.88. The quantitative estimate of drug-likeness (QED) is 0.344. The van der Waals surface area contributed by atoms with E-state index in [0.717, 1.165) is 49.1 Å². The first kappa shape index (κ1) is 21.9. The maximum Gasteiger partial charge on any atom is 0.287 e. The van der Waals surface area contributed by atoms with Gasteiger partial charge in [-0.15, -0.1) is 0 Å². The number of imidazole rings is 1. The van der Waals surface area contributed by atoms with Gasteiger partial charge < -0.3 is 14.3 Å². The van der Waals surface area contributed by atoms with Gasteiger partial charge in [0.2, 0.25) is 0 Å². The largest absolute Gasteiger partial charge is 0.449 e. The topological polar surface area (TPSA) is 60.1 Å². The molecule has 35 heavy (non-hydrogen) atoms. The number of hydrogen-bond donors (Lipinski definition) is 1. The Morgan fingerprint density at radius 1 is 0.971 bits per heavy atom. The summed E-state index contributed by atoms with van der Waals surface area (Å²) in [5, 5.41) is 3.22. The van der Waals surface area contributed by atoms with Crippen LogP contribution in [-0.2, 0) is 6.42 Å². The molecular weight excluding hydrogens is 434 g/mol. The molecule has 2 aromatic heterocycles. The molecule has 1 saturated carbocycles. The molecule has 0 saturated heterocycles. The zero-order valence-corrected chi connectivity index (χ0v) is 20.2. The van der Waals surface area contributed by atoms with E-state index in [0.29, 0.717) is 17.6 Å². The summed E-state index contributed by atoms with van der Waals surface area (Å²) in [5.74, 6) is 0.873. The molecule has 178 valence electrons. The Kier molecular flexibility index (Phi) is 5.77. The number of benzene rings is 2. The molecule has 0 radical (unpaired) electrons. The number of nitrogens with one attached hydrogen (secondary N) is 1. The minimum absolute atomic E-state index is 0.0214. The number of carbonyl (C=O) groups is 1. The van der Waals surface area contributed by atoms with Crippen LogP contribution in [0, 0.1) is 6.92 Å². The minimum Gasteiger partial charge on any atom is -0.449 e. The van der Waals surface area contributed by atoms with Gasteiger partial charge in [-0.25, -0.2) is 4.98 Å². The Bertz CT molecular complexity index is 1340. The molecule has 1 amide bonds. The summed E-state index contributed by atoms with van der Waals surface area (Å²) in [7, 11) is 0. The van der Waals surface area contributed by atoms with E-state index in [9.17, 15) is 4.79 Å². The van der Waals surface area contributed by atoms with Gasteiger partial charge in [-0.05, 0) is 62.3 Å². The van der Waals surface area contributed by atoms with Gasteiger partial charge in [-0.2, -0.15) is 0 Å². The monoisotopic (exact) mass is 465 g/mol. The van der Waals surface area contributed by atoms with Crippen LogP contribution in [0.2, 0.25) is 0 Å². The van der Waals surface area contributed by atoms with Crippen LogP contribution >= 0.6 is 0 Å². The number of carbonyl (C=O) groups excluding carboxylic acids is 1. The lowest BCUT2D eigenvalue weighted by Crippen LogP contribution is -2.30. The van der Waals surface area contributed by atoms with Crippen LogP contribution in [0.25, 0.3) is 22.7 Å². The molecule has 2 heterocycles. The van der Waals surface area contributed by atoms with Crippen molar-refractivity contribution in [3.8, 4) is 22.7 Å². The van der Waals surface area contributed by atoms with Gasteiger partial charge in [0.15, 0.2) is 11.5 Å². The van der Waals surface area contributed by atoms with Crippen LogP contribution < -0.4 is 5.32 Å². The first-order chi connectivity index (χ1) is 17.2. The first-order valence-corrected chi connectivity index (χ1v) is 12.8. The minimum atomic E-state index is -0.165. The second-order valence-corrected chi connectivity index (χ2v) is 9.93. The van der Waals surface area contributed by atoms with Gasteiger partial charge in [-0.1, -0.05) is 66.9 Å². The molecule has 1 fully saturated rings. The van der Waals surface area contributed by atoms with Gasteiger partial charge in [0.25, 0.3) is 5.91 Å². The van der Waals surface area contributed by atoms with Crippen LogP contribution in [0.1, 0.15) is 77.9 Å². The van der Waals surface area contributed by atoms with Crippen molar-refractivity contribution in [2.24, 2.45) is 0 Å². The molecule has 0 spiro atoms. The third-order valence-corrected chi connectivity index (χ3v) is 7.57. The van der Waals surface area contributed by atoms with Crippen LogP contribution in [0.5, 0.6) is 0 Å². The fraction of sp³-hybridized carbons (Fsp3) is 0.333. The summed E-state index contributed by atoms with van der Waals surface area (Å²) in [6.45, 7) is 2.09. The molecule has 1 N–H and O–H groups in total. The average Bonchev–Trinajstić information content (AvgIpc) is 3.65. The van der Waals surface area contributed by atoms with Gasteiger partial charge in [0.05, 0.1) is 18.1 Å². The highest BCUT2D eigenvalue weighted by Gasteiger charge is 2.27. The standard InChI is InChI=1S/C30H31N3O2/c1-20-13-15-22(16-14-20)28-29(33(19-31-28)23-9-3-4-10-23)26-17-18-27(35-26)30(34)32-25-12-6-8-21-7-2-5-11-24(21)25/h2,5,7,11,13-19,23,25H,3-4,6,8-10,12H2,1H3,(H,32,34)/t25-/m1/s1. The van der Waals surface area contributed by atoms with Crippen molar-refractivity contribution in [3.63, 3.8) is 0 Å². The van der Waals surface area contributed by atoms with E-state index in [1.54, 1.807) is 6.07 Å². The summed E-state index contributed by atoms with van der Waals surface area (Å²) < 4.78 is 8.50. The summed E-state index contributed by atoms with van der Waals surface area (Å²) in [6.07, 6.45) is 9.79. The number of aryl methyl sites for hydroxylation is 2. The number of aromatic nitrogens is 2. The zero-order chi connectivity index (χ0) is 23.8. The molecule has 0 unspecified atom stereocenters. The predicted molar refractivity (Wildman–Crippen MR) is 137 cm³/mol. The van der Waals surface area contributed by atoms with E-state index in [2.05, 4.69) is 59.3 Å². The van der Waals surface area contributed by atoms with Crippen molar-refractivity contribution in [1.82, 2.24) is 14.9 Å². The number of hydrogen-bond acceptors (Lipinski definition) is 3. The summed E-state index contributed by atoms with van der Waals surface area (Å²) in [6, 6.07) is 21.0. The van der Waals surface area contributed by atoms with Crippen molar-refractivity contribution in [2.75, 3.05) is 0 Å². The number of furan rings is 1. The van der Waals surface area contributed by atoms with Crippen LogP contribution in [0.3, 0.4) is 0 Å². The number of fused-ring (bicyclic) bond motifs is 1. The van der Waals surface area contributed by atoms with Gasteiger partial charge >= 0.3 is 0 Å². The SMILES string of the molecule is Cc1ccc(-c2ncn(C3CCCC3)c2-c2ccc(C(=O)N[C@@H]3CCCc4ccccc43)o2)cc1. The second kappa shape index (κ2) is 9.21. The highest BCUT2D eigenvalue weighted by molar-refractivity contribution is 5.92. The molecule has 0 bridgehead atoms. The Morgan fingerprint density at radius 3 is 2.60 bits per heavy atom. The smallest absolute Gasteiger partial charge is 0.287 e. The normalized spacial score (nSPS) is 17.9. The molecule has 6 rings (SSSR count). The fourth-order valence-electron chi connectivity index (χ4n) is 5.71. The molecule has 2 aliphatic carbocycles. The van der Waals surface area contributed by atoms with E-state index in [-0.39, 0.29) is 11.9 Å². The lowest BCUT2D eigenvalue weighted by Gasteiger charge is -2.26. The summed E-state index contributed by atoms with van der Waals surface area (Å²) in [4.78, 5) is 18.0. The Hall–Kier alpha value is -3.60. The van der Waals surface area contributed by atoms with E-state index in [1.807, 2.05) is 18.5 Å². The molecule has 0 aliphatic heterocycles. The molecule has 2 aliphatic rings. The average molecular weight is 466 g/mol. The van der Waals surface area contributed by atoms with Gasteiger partial charge in [0, 0.05) is 11.6 Å². The van der Waals surface area contributed by atoms with Crippen molar-refractivity contribution < 1.29 is 9.21 Å². The van der Waals surface area contributed by atoms with Crippen LogP contribution in [-0.4, -0.2) is 15.5 Å². The van der Waals surface area contributed by atoms with Crippen molar-refractivity contribution in [2.45, 2.75) is 64.0 Å². The van der Waals surface area contributed by atoms with Crippen molar-refractivity contribution >= 4 is 5.91 Å². The van der Waals surface area contributed by atoms with E-state index >= 15 is 0 Å². The number of rotatable bonds is 5. The predicted octanol–water partition coefficient (Wildman–Crippen LogP) is 7.04. The number of amides is 1. The molecule has 2 aromatic carbocycles. The molecule has 5 heteroatoms. The maximum absolute atomic E-state index is 13.2. The number of nitrogens with zero attached hydrogens (tertiary/aromatic N) is 2. The Labute approximate surface area is 206 Å².